The molecule has 0 atom stereocenters. The highest BCUT2D eigenvalue weighted by molar-refractivity contribution is 8.16. The van der Waals surface area contributed by atoms with E-state index in [1.165, 1.54) is 23.0 Å². The van der Waals surface area contributed by atoms with E-state index in [1.807, 2.05) is 23.5 Å². The zero-order valence-electron chi connectivity index (χ0n) is 4.80. The van der Waals surface area contributed by atoms with Crippen molar-refractivity contribution >= 4 is 23.5 Å². The molecule has 2 heteroatoms. The lowest BCUT2D eigenvalue weighted by Crippen LogP contribution is -1.82. The normalized spacial score (nSPS) is 26.0. The van der Waals surface area contributed by atoms with E-state index in [-0.39, 0.29) is 0 Å². The van der Waals surface area contributed by atoms with Gasteiger partial charge < -0.3 is 0 Å². The van der Waals surface area contributed by atoms with Crippen molar-refractivity contribution in [2.24, 2.45) is 0 Å². The smallest absolute Gasteiger partial charge is 0.0395 e. The Morgan fingerprint density at radius 3 is 3.12 bits per heavy atom. The molecule has 0 aromatic heterocycles. The van der Waals surface area contributed by atoms with Crippen molar-refractivity contribution < 1.29 is 0 Å². The van der Waals surface area contributed by atoms with E-state index in [2.05, 4.69) is 12.2 Å². The molecule has 0 amide bonds. The molecule has 0 N–H and O–H groups in total. The predicted molar refractivity (Wildman–Crippen MR) is 43.5 cm³/mol. The van der Waals surface area contributed by atoms with E-state index in [1.54, 1.807) is 0 Å². The van der Waals surface area contributed by atoms with Gasteiger partial charge in [-0.1, -0.05) is 12.2 Å². The van der Waals surface area contributed by atoms with Gasteiger partial charge in [-0.05, 0) is 12.2 Å². The standard InChI is InChI=1S/C6H10S2/c1-2-4-7-6-8-5-3-1/h1-2H,3-6H2/b2-1-. The highest BCUT2D eigenvalue weighted by Crippen LogP contribution is 2.15. The van der Waals surface area contributed by atoms with Crippen molar-refractivity contribution in [3.63, 3.8) is 0 Å². The maximum atomic E-state index is 2.28. The molecule has 1 rings (SSSR count). The molecule has 0 radical (unpaired) electrons. The van der Waals surface area contributed by atoms with Gasteiger partial charge in [0.2, 0.25) is 0 Å². The van der Waals surface area contributed by atoms with Crippen LogP contribution >= 0.6 is 23.5 Å². The van der Waals surface area contributed by atoms with Crippen molar-refractivity contribution in [3.8, 4) is 0 Å². The van der Waals surface area contributed by atoms with E-state index in [4.69, 9.17) is 0 Å². The summed E-state index contributed by atoms with van der Waals surface area (Å²) in [6, 6.07) is 0. The molecule has 0 unspecified atom stereocenters. The number of hydrogen-bond acceptors (Lipinski definition) is 2. The Morgan fingerprint density at radius 2 is 2.12 bits per heavy atom. The molecule has 1 heterocycles. The number of allylic oxidation sites excluding steroid dienone is 1. The van der Waals surface area contributed by atoms with E-state index < -0.39 is 0 Å². The molecule has 1 aliphatic rings. The molecule has 0 aromatic carbocycles. The molecular weight excluding hydrogens is 136 g/mol. The molecule has 0 bridgehead atoms. The van der Waals surface area contributed by atoms with Crippen LogP contribution in [-0.2, 0) is 0 Å². The molecule has 0 saturated heterocycles. The van der Waals surface area contributed by atoms with Crippen LogP contribution in [0, 0.1) is 0 Å². The third-order valence-corrected chi connectivity index (χ3v) is 3.26. The first-order chi connectivity index (χ1) is 4.00. The lowest BCUT2D eigenvalue weighted by atomic mass is 10.4. The minimum absolute atomic E-state index is 1.22. The van der Waals surface area contributed by atoms with Gasteiger partial charge in [0, 0.05) is 10.8 Å². The average Bonchev–Trinajstić information content (AvgIpc) is 1.62. The van der Waals surface area contributed by atoms with E-state index in [0.29, 0.717) is 0 Å². The Labute approximate surface area is 59.1 Å². The first-order valence-electron chi connectivity index (χ1n) is 2.80. The first-order valence-corrected chi connectivity index (χ1v) is 5.11. The van der Waals surface area contributed by atoms with Gasteiger partial charge in [0.05, 0.1) is 0 Å². The maximum absolute atomic E-state index is 2.28. The molecule has 1 aliphatic heterocycles. The monoisotopic (exact) mass is 146 g/mol. The number of rotatable bonds is 0. The van der Waals surface area contributed by atoms with Crippen molar-refractivity contribution in [2.45, 2.75) is 6.42 Å². The molecule has 8 heavy (non-hydrogen) atoms. The van der Waals surface area contributed by atoms with Crippen LogP contribution in [0.4, 0.5) is 0 Å². The summed E-state index contributed by atoms with van der Waals surface area (Å²) >= 11 is 4.05. The van der Waals surface area contributed by atoms with Gasteiger partial charge in [-0.2, -0.15) is 11.8 Å². The van der Waals surface area contributed by atoms with Crippen molar-refractivity contribution in [3.05, 3.63) is 12.2 Å². The Balaban J connectivity index is 2.17. The minimum atomic E-state index is 1.22. The Hall–Kier alpha value is 0.440. The Bertz CT molecular complexity index is 68.6. The molecule has 46 valence electrons. The quantitative estimate of drug-likeness (QED) is 0.481. The van der Waals surface area contributed by atoms with Gasteiger partial charge >= 0.3 is 0 Å². The van der Waals surface area contributed by atoms with E-state index in [9.17, 15) is 0 Å². The number of hydrogen-bond donors (Lipinski definition) is 0. The molecule has 0 aromatic rings. The highest BCUT2D eigenvalue weighted by atomic mass is 32.2. The molecule has 0 nitrogen and oxygen atoms in total. The van der Waals surface area contributed by atoms with Crippen LogP contribution in [0.25, 0.3) is 0 Å². The Morgan fingerprint density at radius 1 is 1.12 bits per heavy atom. The average molecular weight is 146 g/mol. The fourth-order valence-electron chi connectivity index (χ4n) is 0.571. The predicted octanol–water partition coefficient (Wildman–Crippen LogP) is 2.37. The lowest BCUT2D eigenvalue weighted by molar-refractivity contribution is 1.24. The van der Waals surface area contributed by atoms with Crippen LogP contribution in [0.5, 0.6) is 0 Å². The third-order valence-electron chi connectivity index (χ3n) is 0.976. The van der Waals surface area contributed by atoms with Crippen LogP contribution in [0.1, 0.15) is 6.42 Å². The largest absolute Gasteiger partial charge is 0.151 e. The van der Waals surface area contributed by atoms with Gasteiger partial charge in [-0.25, -0.2) is 0 Å². The number of thioether (sulfide) groups is 2. The van der Waals surface area contributed by atoms with Crippen LogP contribution in [0.2, 0.25) is 0 Å². The summed E-state index contributed by atoms with van der Waals surface area (Å²) in [7, 11) is 0. The van der Waals surface area contributed by atoms with E-state index in [0.717, 1.165) is 0 Å². The van der Waals surface area contributed by atoms with Crippen molar-refractivity contribution in [2.75, 3.05) is 16.6 Å². The lowest BCUT2D eigenvalue weighted by Gasteiger charge is -2.00. The molecule has 0 saturated carbocycles. The zero-order chi connectivity index (χ0) is 5.66. The van der Waals surface area contributed by atoms with Gasteiger partial charge in [-0.15, -0.1) is 11.8 Å². The minimum Gasteiger partial charge on any atom is -0.151 e. The maximum Gasteiger partial charge on any atom is 0.0395 e. The topological polar surface area (TPSA) is 0 Å². The molecule has 0 aliphatic carbocycles. The summed E-state index contributed by atoms with van der Waals surface area (Å²) in [4.78, 5) is 0. The summed E-state index contributed by atoms with van der Waals surface area (Å²) in [6.07, 6.45) is 5.81. The SMILES string of the molecule is C1=C\CSCSCC/1. The Kier molecular flexibility index (Phi) is 3.55. The van der Waals surface area contributed by atoms with Crippen molar-refractivity contribution in [1.29, 1.82) is 0 Å². The fraction of sp³-hybridized carbons (Fsp3) is 0.667. The molecule has 0 spiro atoms. The van der Waals surface area contributed by atoms with Gasteiger partial charge in [0.25, 0.3) is 0 Å². The van der Waals surface area contributed by atoms with Gasteiger partial charge in [-0.3, -0.25) is 0 Å². The summed E-state index contributed by atoms with van der Waals surface area (Å²) < 4.78 is 0. The zero-order valence-corrected chi connectivity index (χ0v) is 6.43. The van der Waals surface area contributed by atoms with Crippen LogP contribution in [0.3, 0.4) is 0 Å². The third kappa shape index (κ3) is 2.68. The van der Waals surface area contributed by atoms with Gasteiger partial charge in [0.15, 0.2) is 0 Å². The second-order valence-electron chi connectivity index (χ2n) is 1.66. The second-order valence-corrected chi connectivity index (χ2v) is 4.16. The second kappa shape index (κ2) is 4.33. The van der Waals surface area contributed by atoms with Crippen LogP contribution in [0.15, 0.2) is 12.2 Å². The van der Waals surface area contributed by atoms with Crippen LogP contribution < -0.4 is 0 Å². The van der Waals surface area contributed by atoms with Gasteiger partial charge in [0.1, 0.15) is 0 Å². The fourth-order valence-corrected chi connectivity index (χ4v) is 2.47. The summed E-state index contributed by atoms with van der Waals surface area (Å²) in [5.41, 5.74) is 0. The van der Waals surface area contributed by atoms with E-state index >= 15 is 0 Å². The van der Waals surface area contributed by atoms with Crippen LogP contribution in [-0.4, -0.2) is 16.6 Å². The first kappa shape index (κ1) is 6.56. The summed E-state index contributed by atoms with van der Waals surface area (Å²) in [5.74, 6) is 2.52. The molecule has 0 fully saturated rings. The summed E-state index contributed by atoms with van der Waals surface area (Å²) in [5, 5.41) is 1.28. The highest BCUT2D eigenvalue weighted by Gasteiger charge is 1.90. The van der Waals surface area contributed by atoms with Crippen molar-refractivity contribution in [1.82, 2.24) is 0 Å². The molecular formula is C6H10S2. The summed E-state index contributed by atoms with van der Waals surface area (Å²) in [6.45, 7) is 0.